The van der Waals surface area contributed by atoms with E-state index in [1.54, 1.807) is 30.5 Å². The van der Waals surface area contributed by atoms with Crippen LogP contribution >= 0.6 is 0 Å². The van der Waals surface area contributed by atoms with Crippen molar-refractivity contribution in [2.45, 2.75) is 12.8 Å². The molecule has 0 bridgehead atoms. The van der Waals surface area contributed by atoms with Crippen LogP contribution in [0, 0.1) is 0 Å². The summed E-state index contributed by atoms with van der Waals surface area (Å²) in [7, 11) is 0. The molecule has 1 aliphatic heterocycles. The summed E-state index contributed by atoms with van der Waals surface area (Å²) in [5.41, 5.74) is 4.41. The van der Waals surface area contributed by atoms with E-state index in [1.165, 1.54) is 6.07 Å². The average molecular weight is 359 g/mol. The smallest absolute Gasteiger partial charge is 0.255 e. The lowest BCUT2D eigenvalue weighted by Gasteiger charge is -2.17. The number of carbonyl (C=O) groups excluding carboxylic acids is 2. The van der Waals surface area contributed by atoms with Crippen molar-refractivity contribution in [3.8, 4) is 11.1 Å². The number of aromatic amines is 1. The predicted octanol–water partition coefficient (Wildman–Crippen LogP) is 3.18. The third kappa shape index (κ3) is 3.64. The molecule has 1 aliphatic rings. The fourth-order valence-electron chi connectivity index (χ4n) is 3.08. The Morgan fingerprint density at radius 2 is 1.81 bits per heavy atom. The Morgan fingerprint density at radius 1 is 0.926 bits per heavy atom. The first kappa shape index (κ1) is 16.8. The van der Waals surface area contributed by atoms with Crippen molar-refractivity contribution in [1.29, 1.82) is 0 Å². The van der Waals surface area contributed by atoms with Gasteiger partial charge in [0.15, 0.2) is 0 Å². The molecule has 6 heteroatoms. The minimum atomic E-state index is -0.253. The SMILES string of the molecule is O=C1CCc2ccc(C(=O)Nc3cccc(-c4ccc(=O)[nH]c4)c3)cc2N1. The third-order valence-electron chi connectivity index (χ3n) is 4.51. The van der Waals surface area contributed by atoms with Crippen molar-refractivity contribution in [2.75, 3.05) is 10.6 Å². The van der Waals surface area contributed by atoms with Crippen LogP contribution in [0.3, 0.4) is 0 Å². The summed E-state index contributed by atoms with van der Waals surface area (Å²) in [5, 5.41) is 5.68. The van der Waals surface area contributed by atoms with Gasteiger partial charge in [-0.25, -0.2) is 0 Å². The number of hydrogen-bond acceptors (Lipinski definition) is 3. The molecule has 0 saturated carbocycles. The van der Waals surface area contributed by atoms with E-state index in [0.29, 0.717) is 29.8 Å². The van der Waals surface area contributed by atoms with Crippen molar-refractivity contribution in [3.63, 3.8) is 0 Å². The number of carbonyl (C=O) groups is 2. The molecule has 0 unspecified atom stereocenters. The van der Waals surface area contributed by atoms with E-state index in [0.717, 1.165) is 16.7 Å². The van der Waals surface area contributed by atoms with Crippen LogP contribution in [0.1, 0.15) is 22.3 Å². The molecule has 3 aromatic rings. The van der Waals surface area contributed by atoms with Crippen molar-refractivity contribution < 1.29 is 9.59 Å². The van der Waals surface area contributed by atoms with Crippen LogP contribution in [-0.4, -0.2) is 16.8 Å². The van der Waals surface area contributed by atoms with Crippen LogP contribution in [0.2, 0.25) is 0 Å². The van der Waals surface area contributed by atoms with Crippen LogP contribution < -0.4 is 16.2 Å². The van der Waals surface area contributed by atoms with Crippen LogP contribution in [0.15, 0.2) is 65.6 Å². The van der Waals surface area contributed by atoms with Crippen molar-refractivity contribution in [2.24, 2.45) is 0 Å². The fourth-order valence-corrected chi connectivity index (χ4v) is 3.08. The number of anilines is 2. The number of hydrogen-bond donors (Lipinski definition) is 3. The molecule has 0 radical (unpaired) electrons. The monoisotopic (exact) mass is 359 g/mol. The molecule has 0 fully saturated rings. The molecule has 1 aromatic heterocycles. The number of H-pyrrole nitrogens is 1. The maximum absolute atomic E-state index is 12.6. The second-order valence-electron chi connectivity index (χ2n) is 6.40. The van der Waals surface area contributed by atoms with Gasteiger partial charge in [0.25, 0.3) is 5.91 Å². The summed E-state index contributed by atoms with van der Waals surface area (Å²) in [6, 6.07) is 15.9. The molecule has 0 saturated heterocycles. The van der Waals surface area contributed by atoms with Crippen LogP contribution in [0.25, 0.3) is 11.1 Å². The molecule has 0 atom stereocenters. The molecular formula is C21H17N3O3. The van der Waals surface area contributed by atoms with E-state index in [4.69, 9.17) is 0 Å². The zero-order chi connectivity index (χ0) is 18.8. The second kappa shape index (κ2) is 6.92. The van der Waals surface area contributed by atoms with E-state index in [-0.39, 0.29) is 17.4 Å². The van der Waals surface area contributed by atoms with E-state index < -0.39 is 0 Å². The molecule has 4 rings (SSSR count). The number of benzene rings is 2. The Labute approximate surface area is 155 Å². The van der Waals surface area contributed by atoms with Crippen LogP contribution in [0.5, 0.6) is 0 Å². The largest absolute Gasteiger partial charge is 0.328 e. The molecule has 6 nitrogen and oxygen atoms in total. The maximum Gasteiger partial charge on any atom is 0.255 e. The molecule has 2 heterocycles. The average Bonchev–Trinajstić information content (AvgIpc) is 2.68. The second-order valence-corrected chi connectivity index (χ2v) is 6.40. The quantitative estimate of drug-likeness (QED) is 0.671. The first-order valence-corrected chi connectivity index (χ1v) is 8.62. The highest BCUT2D eigenvalue weighted by atomic mass is 16.2. The first-order valence-electron chi connectivity index (χ1n) is 8.62. The van der Waals surface area contributed by atoms with Gasteiger partial charge in [-0.15, -0.1) is 0 Å². The molecule has 0 spiro atoms. The lowest BCUT2D eigenvalue weighted by molar-refractivity contribution is -0.116. The lowest BCUT2D eigenvalue weighted by Crippen LogP contribution is -2.20. The summed E-state index contributed by atoms with van der Waals surface area (Å²) in [4.78, 5) is 38.0. The Morgan fingerprint density at radius 3 is 2.63 bits per heavy atom. The summed E-state index contributed by atoms with van der Waals surface area (Å²) < 4.78 is 0. The minimum Gasteiger partial charge on any atom is -0.328 e. The topological polar surface area (TPSA) is 91.1 Å². The summed E-state index contributed by atoms with van der Waals surface area (Å²) in [5.74, 6) is -0.287. The Balaban J connectivity index is 1.56. The van der Waals surface area contributed by atoms with Gasteiger partial charge in [0, 0.05) is 35.6 Å². The predicted molar refractivity (Wildman–Crippen MR) is 104 cm³/mol. The molecule has 2 aromatic carbocycles. The van der Waals surface area contributed by atoms with Crippen LogP contribution in [-0.2, 0) is 11.2 Å². The molecule has 27 heavy (non-hydrogen) atoms. The molecular weight excluding hydrogens is 342 g/mol. The van der Waals surface area contributed by atoms with Gasteiger partial charge in [0.2, 0.25) is 11.5 Å². The van der Waals surface area contributed by atoms with Gasteiger partial charge >= 0.3 is 0 Å². The van der Waals surface area contributed by atoms with Gasteiger partial charge in [-0.1, -0.05) is 18.2 Å². The zero-order valence-corrected chi connectivity index (χ0v) is 14.4. The summed E-state index contributed by atoms with van der Waals surface area (Å²) >= 11 is 0. The standard InChI is InChI=1S/C21H17N3O3/c25-19-8-7-16(12-22-19)14-2-1-3-17(10-14)23-21(27)15-5-4-13-6-9-20(26)24-18(13)11-15/h1-5,7-8,10-12H,6,9H2,(H,22,25)(H,23,27)(H,24,26). The van der Waals surface area contributed by atoms with Crippen molar-refractivity contribution in [1.82, 2.24) is 4.98 Å². The first-order chi connectivity index (χ1) is 13.1. The lowest BCUT2D eigenvalue weighted by atomic mass is 10.0. The number of fused-ring (bicyclic) bond motifs is 1. The molecule has 3 N–H and O–H groups in total. The highest BCUT2D eigenvalue weighted by Gasteiger charge is 2.17. The van der Waals surface area contributed by atoms with Crippen LogP contribution in [0.4, 0.5) is 11.4 Å². The number of pyridine rings is 1. The molecule has 0 aliphatic carbocycles. The molecule has 134 valence electrons. The summed E-state index contributed by atoms with van der Waals surface area (Å²) in [6.07, 6.45) is 2.79. The number of rotatable bonds is 3. The third-order valence-corrected chi connectivity index (χ3v) is 4.51. The highest BCUT2D eigenvalue weighted by Crippen LogP contribution is 2.25. The number of amides is 2. The van der Waals surface area contributed by atoms with Gasteiger partial charge in [-0.3, -0.25) is 14.4 Å². The van der Waals surface area contributed by atoms with E-state index in [1.807, 2.05) is 24.3 Å². The van der Waals surface area contributed by atoms with E-state index in [9.17, 15) is 14.4 Å². The summed E-state index contributed by atoms with van der Waals surface area (Å²) in [6.45, 7) is 0. The van der Waals surface area contributed by atoms with Gasteiger partial charge in [-0.05, 0) is 53.4 Å². The normalized spacial score (nSPS) is 12.8. The van der Waals surface area contributed by atoms with Gasteiger partial charge < -0.3 is 15.6 Å². The van der Waals surface area contributed by atoms with Gasteiger partial charge in [0.1, 0.15) is 0 Å². The van der Waals surface area contributed by atoms with E-state index in [2.05, 4.69) is 15.6 Å². The van der Waals surface area contributed by atoms with Gasteiger partial charge in [-0.2, -0.15) is 0 Å². The number of nitrogens with one attached hydrogen (secondary N) is 3. The Kier molecular flexibility index (Phi) is 4.30. The fraction of sp³-hybridized carbons (Fsp3) is 0.0952. The number of aryl methyl sites for hydroxylation is 1. The molecule has 2 amide bonds. The Bertz CT molecular complexity index is 1080. The van der Waals surface area contributed by atoms with E-state index >= 15 is 0 Å². The highest BCUT2D eigenvalue weighted by molar-refractivity contribution is 6.06. The maximum atomic E-state index is 12.6. The van der Waals surface area contributed by atoms with Gasteiger partial charge in [0.05, 0.1) is 0 Å². The van der Waals surface area contributed by atoms with Crippen molar-refractivity contribution in [3.05, 3.63) is 82.3 Å². The number of aromatic nitrogens is 1. The minimum absolute atomic E-state index is 0.0336. The zero-order valence-electron chi connectivity index (χ0n) is 14.4. The van der Waals surface area contributed by atoms with Crippen molar-refractivity contribution >= 4 is 23.2 Å². The Hall–Kier alpha value is -3.67.